The minimum absolute atomic E-state index is 0.0434. The molecule has 0 spiro atoms. The van der Waals surface area contributed by atoms with Crippen LogP contribution in [0.1, 0.15) is 43.1 Å². The number of hydrogen-bond acceptors (Lipinski definition) is 4. The van der Waals surface area contributed by atoms with Crippen molar-refractivity contribution in [1.29, 1.82) is 0 Å². The number of guanidine groups is 1. The van der Waals surface area contributed by atoms with Gasteiger partial charge in [-0.25, -0.2) is 4.98 Å². The van der Waals surface area contributed by atoms with E-state index in [1.54, 1.807) is 24.5 Å². The number of rotatable bonds is 9. The number of alkyl halides is 3. The molecule has 1 unspecified atom stereocenters. The van der Waals surface area contributed by atoms with Crippen LogP contribution in [0.5, 0.6) is 0 Å². The van der Waals surface area contributed by atoms with Gasteiger partial charge in [-0.05, 0) is 43.0 Å². The largest absolute Gasteiger partial charge is 0.461 e. The van der Waals surface area contributed by atoms with Crippen molar-refractivity contribution >= 4 is 5.96 Å². The van der Waals surface area contributed by atoms with Crippen LogP contribution in [0.3, 0.4) is 0 Å². The van der Waals surface area contributed by atoms with Crippen LogP contribution in [0.15, 0.2) is 52.1 Å². The molecule has 0 aliphatic rings. The van der Waals surface area contributed by atoms with Gasteiger partial charge >= 0.3 is 6.18 Å². The van der Waals surface area contributed by atoms with Gasteiger partial charge in [-0.3, -0.25) is 10.1 Å². The number of furan rings is 1. The first-order valence-corrected chi connectivity index (χ1v) is 10.5. The van der Waals surface area contributed by atoms with Crippen LogP contribution in [0.25, 0.3) is 11.6 Å². The van der Waals surface area contributed by atoms with E-state index in [0.29, 0.717) is 55.6 Å². The number of hydrogen-bond donors (Lipinski definition) is 3. The van der Waals surface area contributed by atoms with Crippen LogP contribution in [0, 0.1) is 0 Å². The second-order valence-corrected chi connectivity index (χ2v) is 7.33. The highest BCUT2D eigenvalue weighted by molar-refractivity contribution is 5.79. The monoisotopic (exact) mass is 448 g/mol. The molecule has 0 fully saturated rings. The van der Waals surface area contributed by atoms with E-state index in [2.05, 4.69) is 30.8 Å². The Morgan fingerprint density at radius 3 is 2.78 bits per heavy atom. The zero-order chi connectivity index (χ0) is 23.0. The lowest BCUT2D eigenvalue weighted by molar-refractivity contribution is -0.137. The van der Waals surface area contributed by atoms with E-state index in [4.69, 9.17) is 4.42 Å². The molecule has 1 atom stereocenters. The van der Waals surface area contributed by atoms with Crippen molar-refractivity contribution in [2.75, 3.05) is 19.6 Å². The summed E-state index contributed by atoms with van der Waals surface area (Å²) in [6.07, 6.45) is -1.52. The standard InChI is InChI=1S/C22H27F3N6O/c1-3-26-21(28-12-10-19-29-20(31-30-19)18-8-5-13-32-18)27-11-9-15(2)16-6-4-7-17(14-16)22(23,24)25/h4-8,13-15H,3,9-12H2,1-2H3,(H2,26,27,28)(H,29,30,31). The average Bonchev–Trinajstić information content (AvgIpc) is 3.45. The number of nitrogens with one attached hydrogen (secondary N) is 3. The van der Waals surface area contributed by atoms with Gasteiger partial charge < -0.3 is 15.1 Å². The first-order chi connectivity index (χ1) is 15.4. The first-order valence-electron chi connectivity index (χ1n) is 10.5. The van der Waals surface area contributed by atoms with Gasteiger partial charge in [-0.15, -0.1) is 0 Å². The molecule has 2 aromatic heterocycles. The second-order valence-electron chi connectivity index (χ2n) is 7.33. The third-order valence-corrected chi connectivity index (χ3v) is 4.89. The van der Waals surface area contributed by atoms with Gasteiger partial charge in [0.15, 0.2) is 11.7 Å². The minimum Gasteiger partial charge on any atom is -0.461 e. The van der Waals surface area contributed by atoms with Crippen molar-refractivity contribution in [2.24, 2.45) is 4.99 Å². The van der Waals surface area contributed by atoms with Gasteiger partial charge in [0.2, 0.25) is 5.82 Å². The summed E-state index contributed by atoms with van der Waals surface area (Å²) >= 11 is 0. The second kappa shape index (κ2) is 10.8. The Morgan fingerprint density at radius 1 is 1.22 bits per heavy atom. The van der Waals surface area contributed by atoms with Crippen molar-refractivity contribution in [1.82, 2.24) is 25.8 Å². The number of H-pyrrole nitrogens is 1. The average molecular weight is 448 g/mol. The highest BCUT2D eigenvalue weighted by atomic mass is 19.4. The zero-order valence-electron chi connectivity index (χ0n) is 18.0. The summed E-state index contributed by atoms with van der Waals surface area (Å²) in [7, 11) is 0. The van der Waals surface area contributed by atoms with Gasteiger partial charge in [0.05, 0.1) is 11.8 Å². The molecule has 10 heteroatoms. The molecular weight excluding hydrogens is 421 g/mol. The summed E-state index contributed by atoms with van der Waals surface area (Å²) in [6.45, 7) is 5.64. The van der Waals surface area contributed by atoms with Gasteiger partial charge in [0, 0.05) is 26.1 Å². The van der Waals surface area contributed by atoms with Crippen LogP contribution in [0.2, 0.25) is 0 Å². The van der Waals surface area contributed by atoms with Crippen molar-refractivity contribution < 1.29 is 17.6 Å². The lowest BCUT2D eigenvalue weighted by atomic mass is 9.96. The highest BCUT2D eigenvalue weighted by Gasteiger charge is 2.30. The normalized spacial score (nSPS) is 13.2. The molecule has 7 nitrogen and oxygen atoms in total. The molecule has 0 aliphatic heterocycles. The molecular formula is C22H27F3N6O. The molecule has 2 heterocycles. The van der Waals surface area contributed by atoms with Crippen LogP contribution < -0.4 is 10.6 Å². The summed E-state index contributed by atoms with van der Waals surface area (Å²) in [5.74, 6) is 2.44. The number of aliphatic imine (C=N–C) groups is 1. The summed E-state index contributed by atoms with van der Waals surface area (Å²) in [6, 6.07) is 9.05. The molecule has 3 rings (SSSR count). The molecule has 0 radical (unpaired) electrons. The molecule has 0 saturated carbocycles. The van der Waals surface area contributed by atoms with E-state index in [9.17, 15) is 13.2 Å². The lowest BCUT2D eigenvalue weighted by Gasteiger charge is -2.14. The van der Waals surface area contributed by atoms with Crippen molar-refractivity contribution in [2.45, 2.75) is 38.8 Å². The van der Waals surface area contributed by atoms with E-state index < -0.39 is 11.7 Å². The SMILES string of the molecule is CCNC(=NCCC(C)c1cccc(C(F)(F)F)c1)NCCc1nc(-c2ccco2)n[nH]1. The Balaban J connectivity index is 1.49. The fourth-order valence-corrected chi connectivity index (χ4v) is 3.12. The van der Waals surface area contributed by atoms with Gasteiger partial charge in [-0.2, -0.15) is 18.3 Å². The Labute approximate surface area is 184 Å². The van der Waals surface area contributed by atoms with E-state index >= 15 is 0 Å². The summed E-state index contributed by atoms with van der Waals surface area (Å²) < 4.78 is 44.1. The lowest BCUT2D eigenvalue weighted by Crippen LogP contribution is -2.38. The maximum atomic E-state index is 12.9. The Morgan fingerprint density at radius 2 is 2.06 bits per heavy atom. The fourth-order valence-electron chi connectivity index (χ4n) is 3.12. The maximum Gasteiger partial charge on any atom is 0.416 e. The molecule has 0 saturated heterocycles. The summed E-state index contributed by atoms with van der Waals surface area (Å²) in [5.41, 5.74) is 0.0358. The summed E-state index contributed by atoms with van der Waals surface area (Å²) in [5, 5.41) is 13.4. The van der Waals surface area contributed by atoms with Crippen molar-refractivity contribution in [3.05, 3.63) is 59.6 Å². The van der Waals surface area contributed by atoms with E-state index in [0.717, 1.165) is 11.9 Å². The Hall–Kier alpha value is -3.30. The molecule has 1 aromatic carbocycles. The molecule has 32 heavy (non-hydrogen) atoms. The fraction of sp³-hybridized carbons (Fsp3) is 0.409. The Bertz CT molecular complexity index is 997. The predicted molar refractivity (Wildman–Crippen MR) is 116 cm³/mol. The number of aromatic nitrogens is 3. The van der Waals surface area contributed by atoms with E-state index in [-0.39, 0.29) is 5.92 Å². The number of aromatic amines is 1. The summed E-state index contributed by atoms with van der Waals surface area (Å²) in [4.78, 5) is 8.94. The number of halogens is 3. The van der Waals surface area contributed by atoms with E-state index in [1.807, 2.05) is 13.8 Å². The smallest absolute Gasteiger partial charge is 0.416 e. The number of nitrogens with zero attached hydrogens (tertiary/aromatic N) is 3. The molecule has 172 valence electrons. The van der Waals surface area contributed by atoms with Crippen molar-refractivity contribution in [3.8, 4) is 11.6 Å². The quantitative estimate of drug-likeness (QED) is 0.334. The topological polar surface area (TPSA) is 91.1 Å². The van der Waals surface area contributed by atoms with Crippen molar-refractivity contribution in [3.63, 3.8) is 0 Å². The van der Waals surface area contributed by atoms with Crippen LogP contribution in [-0.2, 0) is 12.6 Å². The van der Waals surface area contributed by atoms with Gasteiger partial charge in [0.1, 0.15) is 5.82 Å². The van der Waals surface area contributed by atoms with Gasteiger partial charge in [-0.1, -0.05) is 25.1 Å². The molecule has 0 amide bonds. The minimum atomic E-state index is -4.34. The molecule has 0 aliphatic carbocycles. The maximum absolute atomic E-state index is 12.9. The molecule has 0 bridgehead atoms. The predicted octanol–water partition coefficient (Wildman–Crippen LogP) is 4.37. The third kappa shape index (κ3) is 6.60. The molecule has 3 aromatic rings. The Kier molecular flexibility index (Phi) is 7.91. The zero-order valence-corrected chi connectivity index (χ0v) is 18.0. The van der Waals surface area contributed by atoms with Crippen LogP contribution in [-0.4, -0.2) is 40.8 Å². The number of benzene rings is 1. The van der Waals surface area contributed by atoms with E-state index in [1.165, 1.54) is 12.1 Å². The van der Waals surface area contributed by atoms with Gasteiger partial charge in [0.25, 0.3) is 0 Å². The molecule has 3 N–H and O–H groups in total. The van der Waals surface area contributed by atoms with Crippen LogP contribution >= 0.6 is 0 Å². The third-order valence-electron chi connectivity index (χ3n) is 4.89. The highest BCUT2D eigenvalue weighted by Crippen LogP contribution is 2.31. The van der Waals surface area contributed by atoms with Crippen LogP contribution in [0.4, 0.5) is 13.2 Å². The first kappa shape index (κ1) is 23.4.